The number of ether oxygens (including phenoxy) is 1. The molecule has 0 aliphatic carbocycles. The number of aromatic nitrogens is 6. The van der Waals surface area contributed by atoms with Gasteiger partial charge < -0.3 is 20.5 Å². The van der Waals surface area contributed by atoms with Crippen LogP contribution in [0.3, 0.4) is 0 Å². The first kappa shape index (κ1) is 21.1. The van der Waals surface area contributed by atoms with Crippen molar-refractivity contribution in [1.82, 2.24) is 29.8 Å². The molecule has 0 saturated heterocycles. The highest BCUT2D eigenvalue weighted by Gasteiger charge is 2.24. The van der Waals surface area contributed by atoms with E-state index < -0.39 is 22.9 Å². The van der Waals surface area contributed by atoms with Crippen LogP contribution in [-0.2, 0) is 7.05 Å². The SMILES string of the molecule is CNc1nc(Nc2cc(-n3nnn(C)c3=O)c(OC(C)(C)CO)cc2F)ncc1F. The molecule has 0 aliphatic rings. The molecule has 0 atom stereocenters. The van der Waals surface area contributed by atoms with Crippen LogP contribution < -0.4 is 21.1 Å². The summed E-state index contributed by atoms with van der Waals surface area (Å²) in [6.07, 6.45) is 0.925. The Morgan fingerprint density at radius 3 is 2.57 bits per heavy atom. The Balaban J connectivity index is 2.10. The number of aryl methyl sites for hydroxylation is 1. The zero-order valence-electron chi connectivity index (χ0n) is 16.6. The second-order valence-electron chi connectivity index (χ2n) is 6.88. The van der Waals surface area contributed by atoms with Gasteiger partial charge in [-0.25, -0.2) is 18.6 Å². The quantitative estimate of drug-likeness (QED) is 0.509. The molecule has 3 rings (SSSR count). The molecular weight excluding hydrogens is 402 g/mol. The highest BCUT2D eigenvalue weighted by atomic mass is 19.1. The maximum atomic E-state index is 14.8. The topological polar surface area (TPSA) is 132 Å². The first-order valence-corrected chi connectivity index (χ1v) is 8.75. The number of aliphatic hydroxyl groups excluding tert-OH is 1. The van der Waals surface area contributed by atoms with E-state index >= 15 is 0 Å². The number of aliphatic hydroxyl groups is 1. The van der Waals surface area contributed by atoms with Crippen molar-refractivity contribution >= 4 is 17.5 Å². The Morgan fingerprint density at radius 1 is 1.23 bits per heavy atom. The molecule has 160 valence electrons. The Labute approximate surface area is 169 Å². The predicted molar refractivity (Wildman–Crippen MR) is 103 cm³/mol. The van der Waals surface area contributed by atoms with E-state index in [1.165, 1.54) is 20.2 Å². The first-order chi connectivity index (χ1) is 14.1. The third-order valence-corrected chi connectivity index (χ3v) is 3.99. The zero-order valence-corrected chi connectivity index (χ0v) is 16.6. The largest absolute Gasteiger partial charge is 0.483 e. The molecular formula is C17H20F2N8O3. The number of halogens is 2. The molecule has 3 N–H and O–H groups in total. The maximum absolute atomic E-state index is 14.8. The van der Waals surface area contributed by atoms with Crippen LogP contribution in [-0.4, -0.2) is 54.1 Å². The van der Waals surface area contributed by atoms with Crippen molar-refractivity contribution in [2.45, 2.75) is 19.4 Å². The number of tetrazole rings is 1. The second-order valence-corrected chi connectivity index (χ2v) is 6.88. The summed E-state index contributed by atoms with van der Waals surface area (Å²) in [4.78, 5) is 20.0. The summed E-state index contributed by atoms with van der Waals surface area (Å²) in [5.41, 5.74) is -1.72. The number of anilines is 3. The van der Waals surface area contributed by atoms with E-state index in [2.05, 4.69) is 31.0 Å². The van der Waals surface area contributed by atoms with Crippen molar-refractivity contribution in [1.29, 1.82) is 0 Å². The van der Waals surface area contributed by atoms with E-state index in [1.54, 1.807) is 13.8 Å². The lowest BCUT2D eigenvalue weighted by atomic mass is 10.1. The van der Waals surface area contributed by atoms with Crippen LogP contribution in [0.1, 0.15) is 13.8 Å². The van der Waals surface area contributed by atoms with Crippen molar-refractivity contribution < 1.29 is 18.6 Å². The van der Waals surface area contributed by atoms with Crippen LogP contribution in [0.25, 0.3) is 5.69 Å². The van der Waals surface area contributed by atoms with E-state index in [4.69, 9.17) is 4.74 Å². The number of hydrogen-bond acceptors (Lipinski definition) is 9. The van der Waals surface area contributed by atoms with E-state index in [9.17, 15) is 18.7 Å². The van der Waals surface area contributed by atoms with Gasteiger partial charge in [0.15, 0.2) is 17.5 Å². The van der Waals surface area contributed by atoms with Crippen LogP contribution in [0.4, 0.5) is 26.2 Å². The number of benzene rings is 1. The zero-order chi connectivity index (χ0) is 22.1. The minimum atomic E-state index is -1.07. The molecule has 0 spiro atoms. The van der Waals surface area contributed by atoms with E-state index in [-0.39, 0.29) is 35.5 Å². The number of rotatable bonds is 7. The van der Waals surface area contributed by atoms with Crippen LogP contribution in [0.2, 0.25) is 0 Å². The van der Waals surface area contributed by atoms with Gasteiger partial charge >= 0.3 is 5.69 Å². The Kier molecular flexibility index (Phi) is 5.64. The number of hydrogen-bond donors (Lipinski definition) is 3. The maximum Gasteiger partial charge on any atom is 0.368 e. The van der Waals surface area contributed by atoms with Gasteiger partial charge in [-0.05, 0) is 30.3 Å². The molecule has 11 nitrogen and oxygen atoms in total. The average Bonchev–Trinajstić information content (AvgIpc) is 3.03. The average molecular weight is 422 g/mol. The summed E-state index contributed by atoms with van der Waals surface area (Å²) >= 11 is 0. The molecule has 0 aliphatic heterocycles. The van der Waals surface area contributed by atoms with E-state index in [0.29, 0.717) is 0 Å². The summed E-state index contributed by atoms with van der Waals surface area (Å²) < 4.78 is 36.0. The van der Waals surface area contributed by atoms with Gasteiger partial charge in [-0.15, -0.1) is 0 Å². The van der Waals surface area contributed by atoms with E-state index in [0.717, 1.165) is 21.6 Å². The molecule has 30 heavy (non-hydrogen) atoms. The third-order valence-electron chi connectivity index (χ3n) is 3.99. The minimum Gasteiger partial charge on any atom is -0.483 e. The Hall–Kier alpha value is -3.61. The van der Waals surface area contributed by atoms with E-state index in [1.807, 2.05) is 0 Å². The Morgan fingerprint density at radius 2 is 1.97 bits per heavy atom. The summed E-state index contributed by atoms with van der Waals surface area (Å²) in [5.74, 6) is -1.65. The van der Waals surface area contributed by atoms with Gasteiger partial charge in [-0.3, -0.25) is 0 Å². The van der Waals surface area contributed by atoms with Crippen LogP contribution in [0, 0.1) is 11.6 Å². The molecule has 0 amide bonds. The molecule has 13 heteroatoms. The monoisotopic (exact) mass is 422 g/mol. The Bertz CT molecular complexity index is 1130. The molecule has 0 unspecified atom stereocenters. The van der Waals surface area contributed by atoms with Gasteiger partial charge in [0.25, 0.3) is 0 Å². The van der Waals surface area contributed by atoms with Crippen molar-refractivity contribution in [3.63, 3.8) is 0 Å². The van der Waals surface area contributed by atoms with Gasteiger partial charge in [0.2, 0.25) is 5.95 Å². The summed E-state index contributed by atoms with van der Waals surface area (Å²) in [6.45, 7) is 2.82. The fourth-order valence-electron chi connectivity index (χ4n) is 2.40. The first-order valence-electron chi connectivity index (χ1n) is 8.75. The molecule has 2 aromatic heterocycles. The normalized spacial score (nSPS) is 11.4. The molecule has 0 radical (unpaired) electrons. The highest BCUT2D eigenvalue weighted by molar-refractivity contribution is 5.63. The molecule has 3 aromatic rings. The van der Waals surface area contributed by atoms with Crippen molar-refractivity contribution in [2.75, 3.05) is 24.3 Å². The van der Waals surface area contributed by atoms with Gasteiger partial charge in [-0.2, -0.15) is 14.3 Å². The minimum absolute atomic E-state index is 0.0457. The van der Waals surface area contributed by atoms with Gasteiger partial charge in [0.1, 0.15) is 17.0 Å². The van der Waals surface area contributed by atoms with Gasteiger partial charge in [0, 0.05) is 20.2 Å². The molecule has 1 aromatic carbocycles. The second kappa shape index (κ2) is 8.02. The van der Waals surface area contributed by atoms with Crippen molar-refractivity contribution in [2.24, 2.45) is 7.05 Å². The fraction of sp³-hybridized carbons (Fsp3) is 0.353. The standard InChI is InChI=1S/C17H20F2N8O3/c1-17(2,8-28)30-13-5-9(18)11(6-12(13)27-16(29)26(4)24-25-27)22-15-21-7-10(19)14(20-3)23-15/h5-7,28H,8H2,1-4H3,(H2,20,21,22,23). The third kappa shape index (κ3) is 4.20. The predicted octanol–water partition coefficient (Wildman–Crippen LogP) is 0.969. The fourth-order valence-corrected chi connectivity index (χ4v) is 2.40. The van der Waals surface area contributed by atoms with Gasteiger partial charge in [0.05, 0.1) is 18.5 Å². The summed E-state index contributed by atoms with van der Waals surface area (Å²) in [6, 6.07) is 2.28. The van der Waals surface area contributed by atoms with Gasteiger partial charge in [-0.1, -0.05) is 0 Å². The smallest absolute Gasteiger partial charge is 0.368 e. The lowest BCUT2D eigenvalue weighted by Crippen LogP contribution is -2.33. The molecule has 0 bridgehead atoms. The van der Waals surface area contributed by atoms with Crippen LogP contribution in [0.15, 0.2) is 23.1 Å². The summed E-state index contributed by atoms with van der Waals surface area (Å²) in [7, 11) is 2.88. The lowest BCUT2D eigenvalue weighted by Gasteiger charge is -2.25. The molecule has 2 heterocycles. The number of nitrogens with one attached hydrogen (secondary N) is 2. The molecule has 0 saturated carbocycles. The van der Waals surface area contributed by atoms with Crippen molar-refractivity contribution in [3.05, 3.63) is 40.4 Å². The lowest BCUT2D eigenvalue weighted by molar-refractivity contribution is 0.0408. The summed E-state index contributed by atoms with van der Waals surface area (Å²) in [5, 5.41) is 22.1. The number of nitrogens with zero attached hydrogens (tertiary/aromatic N) is 6. The molecule has 0 fully saturated rings. The van der Waals surface area contributed by atoms with Crippen LogP contribution in [0.5, 0.6) is 5.75 Å². The van der Waals surface area contributed by atoms with Crippen LogP contribution >= 0.6 is 0 Å². The van der Waals surface area contributed by atoms with Crippen molar-refractivity contribution in [3.8, 4) is 11.4 Å². The highest BCUT2D eigenvalue weighted by Crippen LogP contribution is 2.32.